The summed E-state index contributed by atoms with van der Waals surface area (Å²) in [4.78, 5) is 43.1. The van der Waals surface area contributed by atoms with E-state index in [9.17, 15) is 14.4 Å². The molecule has 0 spiro atoms. The van der Waals surface area contributed by atoms with Gasteiger partial charge in [-0.1, -0.05) is 71.9 Å². The number of benzene rings is 3. The number of aryl methyl sites for hydroxylation is 1. The van der Waals surface area contributed by atoms with E-state index in [-0.39, 0.29) is 31.0 Å². The molecule has 3 amide bonds. The molecule has 0 N–H and O–H groups in total. The Morgan fingerprint density at radius 1 is 0.895 bits per heavy atom. The second-order valence-corrected chi connectivity index (χ2v) is 9.87. The van der Waals surface area contributed by atoms with Gasteiger partial charge < -0.3 is 9.42 Å². The molecule has 0 saturated carbocycles. The molecular weight excluding hydrogens is 478 g/mol. The fraction of sp³-hybridized carbons (Fsp3) is 0.226. The third-order valence-electron chi connectivity index (χ3n) is 7.59. The highest BCUT2D eigenvalue weighted by atomic mass is 16.5. The Bertz CT molecular complexity index is 1450. The van der Waals surface area contributed by atoms with Crippen molar-refractivity contribution in [2.24, 2.45) is 5.92 Å². The van der Waals surface area contributed by atoms with Gasteiger partial charge in [-0.3, -0.25) is 19.3 Å². The number of amides is 3. The van der Waals surface area contributed by atoms with E-state index in [1.54, 1.807) is 41.4 Å². The number of hydrogen-bond donors (Lipinski definition) is 0. The lowest BCUT2D eigenvalue weighted by Gasteiger charge is -2.41. The smallest absolute Gasteiger partial charge is 0.262 e. The van der Waals surface area contributed by atoms with Crippen LogP contribution in [-0.2, 0) is 24.2 Å². The summed E-state index contributed by atoms with van der Waals surface area (Å²) in [5, 5.41) is 3.83. The number of carbonyl (C=O) groups excluding carboxylic acids is 3. The van der Waals surface area contributed by atoms with Gasteiger partial charge in [0, 0.05) is 6.07 Å². The van der Waals surface area contributed by atoms with Gasteiger partial charge >= 0.3 is 0 Å². The molecule has 6 rings (SSSR count). The molecule has 0 radical (unpaired) electrons. The van der Waals surface area contributed by atoms with Gasteiger partial charge in [0.25, 0.3) is 11.8 Å². The van der Waals surface area contributed by atoms with Gasteiger partial charge in [0.1, 0.15) is 6.54 Å². The van der Waals surface area contributed by atoms with Gasteiger partial charge in [0.05, 0.1) is 29.9 Å². The second-order valence-electron chi connectivity index (χ2n) is 9.87. The maximum Gasteiger partial charge on any atom is 0.262 e. The highest BCUT2D eigenvalue weighted by Crippen LogP contribution is 2.41. The number of rotatable bonds is 7. The summed E-state index contributed by atoms with van der Waals surface area (Å²) >= 11 is 0. The van der Waals surface area contributed by atoms with E-state index >= 15 is 0 Å². The zero-order valence-electron chi connectivity index (χ0n) is 20.8. The predicted molar refractivity (Wildman–Crippen MR) is 140 cm³/mol. The van der Waals surface area contributed by atoms with Crippen LogP contribution in [-0.4, -0.2) is 39.2 Å². The van der Waals surface area contributed by atoms with Crippen molar-refractivity contribution in [3.05, 3.63) is 125 Å². The van der Waals surface area contributed by atoms with Crippen LogP contribution < -0.4 is 0 Å². The highest BCUT2D eigenvalue weighted by Gasteiger charge is 2.41. The summed E-state index contributed by atoms with van der Waals surface area (Å²) in [6.45, 7) is -0.149. The molecule has 2 unspecified atom stereocenters. The molecule has 7 heteroatoms. The number of aromatic nitrogens is 1. The number of nitrogens with zero attached hydrogens (tertiary/aromatic N) is 3. The van der Waals surface area contributed by atoms with Crippen LogP contribution in [0, 0.1) is 5.92 Å². The summed E-state index contributed by atoms with van der Waals surface area (Å²) in [6, 6.07) is 26.7. The molecule has 2 aliphatic rings. The van der Waals surface area contributed by atoms with E-state index in [0.29, 0.717) is 16.9 Å². The summed E-state index contributed by atoms with van der Waals surface area (Å²) in [6.07, 6.45) is 4.18. The molecular formula is C31H27N3O4. The van der Waals surface area contributed by atoms with Crippen LogP contribution in [0.1, 0.15) is 55.6 Å². The summed E-state index contributed by atoms with van der Waals surface area (Å²) < 4.78 is 5.42. The molecule has 0 fully saturated rings. The van der Waals surface area contributed by atoms with Crippen molar-refractivity contribution in [1.29, 1.82) is 0 Å². The fourth-order valence-corrected chi connectivity index (χ4v) is 5.80. The zero-order chi connectivity index (χ0) is 26.1. The van der Waals surface area contributed by atoms with Gasteiger partial charge in [-0.05, 0) is 54.0 Å². The van der Waals surface area contributed by atoms with Crippen LogP contribution in [0.4, 0.5) is 0 Å². The van der Waals surface area contributed by atoms with E-state index in [1.807, 2.05) is 30.3 Å². The van der Waals surface area contributed by atoms with Crippen molar-refractivity contribution < 1.29 is 18.9 Å². The molecule has 7 nitrogen and oxygen atoms in total. The molecule has 1 aromatic heterocycles. The number of carbonyl (C=O) groups is 3. The lowest BCUT2D eigenvalue weighted by molar-refractivity contribution is -0.136. The van der Waals surface area contributed by atoms with Crippen LogP contribution in [0.2, 0.25) is 0 Å². The minimum atomic E-state index is -0.441. The van der Waals surface area contributed by atoms with Crippen LogP contribution >= 0.6 is 0 Å². The third kappa shape index (κ3) is 4.41. The quantitative estimate of drug-likeness (QED) is 0.336. The fourth-order valence-electron chi connectivity index (χ4n) is 5.80. The van der Waals surface area contributed by atoms with Crippen molar-refractivity contribution in [1.82, 2.24) is 15.0 Å². The third-order valence-corrected chi connectivity index (χ3v) is 7.59. The molecule has 0 saturated heterocycles. The Hall–Kier alpha value is -4.52. The lowest BCUT2D eigenvalue weighted by atomic mass is 9.76. The molecule has 1 aliphatic heterocycles. The standard InChI is InChI=1S/C31H27N3O4/c35-28(20-34-30(36)26-12-6-7-13-27(26)31(34)37)33(19-24-16-17-32-38-24)29-23(18-21-8-2-1-3-9-21)15-14-22-10-4-5-11-25(22)29/h1-13,16-17,23,29H,14-15,18-20H2. The Kier molecular flexibility index (Phi) is 6.33. The summed E-state index contributed by atoms with van der Waals surface area (Å²) in [5.74, 6) is -0.508. The topological polar surface area (TPSA) is 83.7 Å². The monoisotopic (exact) mass is 505 g/mol. The average molecular weight is 506 g/mol. The van der Waals surface area contributed by atoms with Gasteiger partial charge in [0.15, 0.2) is 5.76 Å². The minimum absolute atomic E-state index is 0.140. The number of hydrogen-bond acceptors (Lipinski definition) is 5. The molecule has 0 bridgehead atoms. The Morgan fingerprint density at radius 2 is 1.58 bits per heavy atom. The predicted octanol–water partition coefficient (Wildman–Crippen LogP) is 4.85. The van der Waals surface area contributed by atoms with Crippen LogP contribution in [0.15, 0.2) is 95.6 Å². The Morgan fingerprint density at radius 3 is 2.29 bits per heavy atom. The van der Waals surface area contributed by atoms with Gasteiger partial charge in [0.2, 0.25) is 5.91 Å². The van der Waals surface area contributed by atoms with Gasteiger partial charge in [-0.2, -0.15) is 0 Å². The van der Waals surface area contributed by atoms with E-state index in [1.165, 1.54) is 11.1 Å². The first-order chi connectivity index (χ1) is 18.6. The normalized spacial score (nSPS) is 18.3. The molecule has 3 aromatic carbocycles. The number of fused-ring (bicyclic) bond motifs is 2. The van der Waals surface area contributed by atoms with Gasteiger partial charge in [-0.25, -0.2) is 0 Å². The molecule has 1 aliphatic carbocycles. The number of imide groups is 1. The van der Waals surface area contributed by atoms with Crippen LogP contribution in [0.5, 0.6) is 0 Å². The summed E-state index contributed by atoms with van der Waals surface area (Å²) in [7, 11) is 0. The molecule has 2 heterocycles. The molecule has 38 heavy (non-hydrogen) atoms. The van der Waals surface area contributed by atoms with E-state index in [2.05, 4.69) is 29.4 Å². The van der Waals surface area contributed by atoms with Crippen molar-refractivity contribution in [3.63, 3.8) is 0 Å². The Labute approximate surface area is 220 Å². The van der Waals surface area contributed by atoms with Crippen LogP contribution in [0.25, 0.3) is 0 Å². The lowest BCUT2D eigenvalue weighted by Crippen LogP contribution is -2.46. The second kappa shape index (κ2) is 10.1. The first-order valence-electron chi connectivity index (χ1n) is 12.9. The first kappa shape index (κ1) is 23.9. The molecule has 190 valence electrons. The average Bonchev–Trinajstić information content (AvgIpc) is 3.55. The van der Waals surface area contributed by atoms with E-state index in [4.69, 9.17) is 4.52 Å². The maximum absolute atomic E-state index is 14.1. The van der Waals surface area contributed by atoms with Crippen LogP contribution in [0.3, 0.4) is 0 Å². The maximum atomic E-state index is 14.1. The zero-order valence-corrected chi connectivity index (χ0v) is 20.8. The minimum Gasteiger partial charge on any atom is -0.360 e. The van der Waals surface area contributed by atoms with E-state index in [0.717, 1.165) is 29.7 Å². The van der Waals surface area contributed by atoms with Gasteiger partial charge in [-0.15, -0.1) is 0 Å². The van der Waals surface area contributed by atoms with Crippen molar-refractivity contribution in [3.8, 4) is 0 Å². The summed E-state index contributed by atoms with van der Waals surface area (Å²) in [5.41, 5.74) is 4.16. The Balaban J connectivity index is 1.37. The molecule has 4 aromatic rings. The highest BCUT2D eigenvalue weighted by molar-refractivity contribution is 6.22. The van der Waals surface area contributed by atoms with Crippen molar-refractivity contribution >= 4 is 17.7 Å². The van der Waals surface area contributed by atoms with E-state index < -0.39 is 11.8 Å². The molecule has 2 atom stereocenters. The largest absolute Gasteiger partial charge is 0.360 e. The SMILES string of the molecule is O=C1c2ccccc2C(=O)N1CC(=O)N(Cc1ccno1)C1c2ccccc2CCC1Cc1ccccc1. The van der Waals surface area contributed by atoms with Crippen molar-refractivity contribution in [2.45, 2.75) is 31.8 Å². The first-order valence-corrected chi connectivity index (χ1v) is 12.9. The van der Waals surface area contributed by atoms with Crippen molar-refractivity contribution in [2.75, 3.05) is 6.54 Å².